The van der Waals surface area contributed by atoms with E-state index in [0.29, 0.717) is 30.1 Å². The molecule has 42 heavy (non-hydrogen) atoms. The van der Waals surface area contributed by atoms with Crippen molar-refractivity contribution in [2.75, 3.05) is 30.6 Å². The molecule has 0 bridgehead atoms. The number of imidazole rings is 1. The first-order chi connectivity index (χ1) is 20.1. The number of thioether (sulfide) groups is 1. The van der Waals surface area contributed by atoms with Crippen LogP contribution in [0.4, 0.5) is 5.82 Å². The minimum atomic E-state index is -2.55. The van der Waals surface area contributed by atoms with Crippen LogP contribution in [0.5, 0.6) is 0 Å². The van der Waals surface area contributed by atoms with E-state index in [1.54, 1.807) is 6.33 Å². The minimum Gasteiger partial charge on any atom is -0.382 e. The Morgan fingerprint density at radius 1 is 0.833 bits per heavy atom. The van der Waals surface area contributed by atoms with Crippen molar-refractivity contribution in [1.82, 2.24) is 25.7 Å². The Morgan fingerprint density at radius 2 is 1.40 bits per heavy atom. The van der Waals surface area contributed by atoms with Crippen molar-refractivity contribution in [3.8, 4) is 0 Å². The molecule has 0 aromatic carbocycles. The molecule has 0 saturated carbocycles. The molecule has 0 spiro atoms. The molecule has 0 saturated heterocycles. The summed E-state index contributed by atoms with van der Waals surface area (Å²) in [6, 6.07) is 0. The molecule has 1 unspecified atom stereocenters. The number of hydrogen-bond donors (Lipinski definition) is 2. The van der Waals surface area contributed by atoms with Crippen molar-refractivity contribution in [2.24, 2.45) is 0 Å². The third-order valence-corrected chi connectivity index (χ3v) is 9.16. The second kappa shape index (κ2) is 26.2. The first-order valence-corrected chi connectivity index (χ1v) is 18.4. The third-order valence-electron chi connectivity index (χ3n) is 7.21. The Morgan fingerprint density at radius 3 is 2.02 bits per heavy atom. The van der Waals surface area contributed by atoms with Crippen molar-refractivity contribution in [3.63, 3.8) is 0 Å². The molecule has 0 radical (unpaired) electrons. The predicted molar refractivity (Wildman–Crippen MR) is 178 cm³/mol. The largest absolute Gasteiger partial charge is 0.382 e. The highest BCUT2D eigenvalue weighted by Crippen LogP contribution is 2.24. The number of hydrogen-bond acceptors (Lipinski definition) is 10. The number of unbranched alkanes of at least 4 members (excludes halogenated alkanes) is 15. The summed E-state index contributed by atoms with van der Waals surface area (Å²) < 4.78 is 29.9. The van der Waals surface area contributed by atoms with Gasteiger partial charge in [0.1, 0.15) is 11.8 Å². The highest BCUT2D eigenvalue weighted by atomic mass is 32.2. The van der Waals surface area contributed by atoms with Gasteiger partial charge in [-0.15, -0.1) is 0 Å². The van der Waals surface area contributed by atoms with E-state index in [4.69, 9.17) is 19.5 Å². The summed E-state index contributed by atoms with van der Waals surface area (Å²) in [6.45, 7) is 5.05. The third kappa shape index (κ3) is 18.4. The predicted octanol–water partition coefficient (Wildman–Crippen LogP) is 8.74. The smallest absolute Gasteiger partial charge is 0.321 e. The quantitative estimate of drug-likeness (QED) is 0.0530. The van der Waals surface area contributed by atoms with Crippen molar-refractivity contribution in [2.45, 2.75) is 136 Å². The lowest BCUT2D eigenvalue weighted by atomic mass is 10.0. The second-order valence-corrected chi connectivity index (χ2v) is 13.2. The number of nitrogens with zero attached hydrogens (tertiary/aromatic N) is 4. The molecular formula is C30H59N6O4PS. The van der Waals surface area contributed by atoms with Gasteiger partial charge in [-0.25, -0.2) is 15.0 Å². The van der Waals surface area contributed by atoms with Crippen LogP contribution < -0.4 is 11.9 Å². The number of aromatic nitrogens is 4. The Balaban J connectivity index is 0.00000882. The maximum Gasteiger partial charge on any atom is 0.321 e. The average molecular weight is 631 g/mol. The number of fused-ring (bicyclic) bond motifs is 1. The van der Waals surface area contributed by atoms with Gasteiger partial charge in [-0.05, 0) is 31.3 Å². The molecular weight excluding hydrogens is 571 g/mol. The van der Waals surface area contributed by atoms with Gasteiger partial charge in [0, 0.05) is 0 Å². The van der Waals surface area contributed by atoms with Gasteiger partial charge in [0.2, 0.25) is 0 Å². The number of rotatable bonds is 28. The molecule has 0 aliphatic heterocycles. The van der Waals surface area contributed by atoms with E-state index in [1.165, 1.54) is 115 Å². The minimum absolute atomic E-state index is 0. The molecule has 0 aliphatic carbocycles. The Kier molecular flexibility index (Phi) is 24.2. The normalized spacial score (nSPS) is 12.9. The summed E-state index contributed by atoms with van der Waals surface area (Å²) in [5.74, 6) is 2.56. The zero-order valence-corrected chi connectivity index (χ0v) is 28.2. The molecule has 5 N–H and O–H groups in total. The molecule has 2 aromatic heterocycles. The van der Waals surface area contributed by atoms with Gasteiger partial charge in [0.05, 0.1) is 25.6 Å². The summed E-state index contributed by atoms with van der Waals surface area (Å²) in [6.07, 6.45) is 26.2. The van der Waals surface area contributed by atoms with Gasteiger partial charge in [0.25, 0.3) is 0 Å². The van der Waals surface area contributed by atoms with E-state index in [-0.39, 0.29) is 19.0 Å². The van der Waals surface area contributed by atoms with Crippen LogP contribution in [0.2, 0.25) is 0 Å². The van der Waals surface area contributed by atoms with Gasteiger partial charge in [-0.3, -0.25) is 9.09 Å². The van der Waals surface area contributed by atoms with Crippen molar-refractivity contribution < 1.29 is 18.3 Å². The van der Waals surface area contributed by atoms with Gasteiger partial charge in [-0.1, -0.05) is 103 Å². The first-order valence-electron chi connectivity index (χ1n) is 16.0. The molecule has 12 heteroatoms. The molecule has 2 rings (SSSR count). The highest BCUT2D eigenvalue weighted by Gasteiger charge is 2.11. The van der Waals surface area contributed by atoms with Crippen LogP contribution in [0.3, 0.4) is 0 Å². The Bertz CT molecular complexity index is 938. The molecule has 0 fully saturated rings. The van der Waals surface area contributed by atoms with E-state index in [1.807, 2.05) is 23.3 Å². The molecule has 2 heterocycles. The number of nitrogen functional groups attached to an aromatic ring is 1. The van der Waals surface area contributed by atoms with E-state index in [0.717, 1.165) is 12.2 Å². The summed E-state index contributed by atoms with van der Waals surface area (Å²) in [5, 5.41) is 0. The van der Waals surface area contributed by atoms with Crippen LogP contribution in [-0.2, 0) is 24.9 Å². The maximum absolute atomic E-state index is 12.0. The lowest BCUT2D eigenvalue weighted by Gasteiger charge is -2.14. The van der Waals surface area contributed by atoms with Crippen molar-refractivity contribution in [1.29, 1.82) is 0 Å². The molecule has 0 amide bonds. The summed E-state index contributed by atoms with van der Waals surface area (Å²) in [5.41, 5.74) is 7.04. The highest BCUT2D eigenvalue weighted by molar-refractivity contribution is 7.99. The van der Waals surface area contributed by atoms with Crippen LogP contribution in [-0.4, -0.2) is 50.5 Å². The molecule has 10 nitrogen and oxygen atoms in total. The second-order valence-electron chi connectivity index (χ2n) is 10.9. The van der Waals surface area contributed by atoms with Crippen molar-refractivity contribution in [3.05, 3.63) is 12.7 Å². The van der Waals surface area contributed by atoms with Crippen LogP contribution in [0.15, 0.2) is 12.7 Å². The first kappa shape index (κ1) is 38.8. The summed E-state index contributed by atoms with van der Waals surface area (Å²) in [4.78, 5) is 12.4. The zero-order chi connectivity index (χ0) is 29.4. The van der Waals surface area contributed by atoms with Gasteiger partial charge < -0.3 is 25.7 Å². The fourth-order valence-corrected chi connectivity index (χ4v) is 6.27. The SMILES string of the molecule is CCCCCCCCCCCCCCCCCCSCCCO[PH](=O)OCO[C@H](C)Cn1cnc2c(N)ncnc21.N. The zero-order valence-electron chi connectivity index (χ0n) is 26.4. The topological polar surface area (TPSA) is 149 Å². The molecule has 0 aliphatic rings. The number of anilines is 1. The van der Waals surface area contributed by atoms with Crippen LogP contribution in [0, 0.1) is 0 Å². The number of ether oxygens (including phenoxy) is 1. The van der Waals surface area contributed by atoms with E-state index in [2.05, 4.69) is 21.9 Å². The Labute approximate surface area is 259 Å². The van der Waals surface area contributed by atoms with E-state index in [9.17, 15) is 4.57 Å². The molecule has 2 aromatic rings. The van der Waals surface area contributed by atoms with E-state index >= 15 is 0 Å². The maximum atomic E-state index is 12.0. The summed E-state index contributed by atoms with van der Waals surface area (Å²) in [7, 11) is -2.55. The number of nitrogens with two attached hydrogens (primary N) is 1. The van der Waals surface area contributed by atoms with Crippen LogP contribution in [0.25, 0.3) is 11.2 Å². The fraction of sp³-hybridized carbons (Fsp3) is 0.833. The molecule has 2 atom stereocenters. The van der Waals surface area contributed by atoms with E-state index < -0.39 is 8.25 Å². The fourth-order valence-electron chi connectivity index (χ4n) is 4.77. The lowest BCUT2D eigenvalue weighted by molar-refractivity contribution is -0.0367. The van der Waals surface area contributed by atoms with Crippen LogP contribution in [0.1, 0.15) is 123 Å². The Hall–Kier alpha value is -1.23. The monoisotopic (exact) mass is 630 g/mol. The van der Waals surface area contributed by atoms with Crippen LogP contribution >= 0.6 is 20.0 Å². The van der Waals surface area contributed by atoms with Gasteiger partial charge >= 0.3 is 8.25 Å². The average Bonchev–Trinajstić information content (AvgIpc) is 3.37. The lowest BCUT2D eigenvalue weighted by Crippen LogP contribution is -2.17. The van der Waals surface area contributed by atoms with Crippen molar-refractivity contribution >= 4 is 37.0 Å². The van der Waals surface area contributed by atoms with Gasteiger partial charge in [-0.2, -0.15) is 11.8 Å². The summed E-state index contributed by atoms with van der Waals surface area (Å²) >= 11 is 1.96. The molecule has 244 valence electrons. The van der Waals surface area contributed by atoms with Gasteiger partial charge in [0.15, 0.2) is 18.3 Å². The standard InChI is InChI=1S/C30H56N5O4PS.H3N/c1-3-4-5-6-7-8-9-10-11-12-13-14-15-16-17-18-21-41-22-19-20-38-40(36)39-26-37-27(2)23-35-25-34-28-29(31)32-24-33-30(28)35;/h24-25,27,40H,3-23,26H2,1-2H3,(H2,31,32,33);1H3/t27-;/m1./s1.